The normalized spacial score (nSPS) is 12.4. The van der Waals surface area contributed by atoms with Gasteiger partial charge in [-0.15, -0.1) is 0 Å². The average Bonchev–Trinajstić information content (AvgIpc) is 3.30. The molecule has 8 heteroatoms. The molecule has 0 aliphatic carbocycles. The minimum absolute atomic E-state index is 0.128. The third-order valence-electron chi connectivity index (χ3n) is 4.27. The van der Waals surface area contributed by atoms with Crippen molar-refractivity contribution < 1.29 is 19.1 Å². The number of hydrogen-bond acceptors (Lipinski definition) is 5. The van der Waals surface area contributed by atoms with Gasteiger partial charge < -0.3 is 20.1 Å². The van der Waals surface area contributed by atoms with E-state index in [2.05, 4.69) is 15.6 Å². The van der Waals surface area contributed by atoms with Crippen LogP contribution in [-0.2, 0) is 0 Å². The van der Waals surface area contributed by atoms with Crippen molar-refractivity contribution in [1.82, 2.24) is 14.7 Å². The van der Waals surface area contributed by atoms with E-state index in [0.29, 0.717) is 35.2 Å². The van der Waals surface area contributed by atoms with Crippen molar-refractivity contribution >= 4 is 23.0 Å². The number of carbonyl (C=O) groups is 2. The zero-order valence-corrected chi connectivity index (χ0v) is 15.6. The lowest BCUT2D eigenvalue weighted by Gasteiger charge is -2.05. The molecule has 8 nitrogen and oxygen atoms in total. The van der Waals surface area contributed by atoms with Gasteiger partial charge in [-0.25, -0.2) is 4.98 Å². The lowest BCUT2D eigenvalue weighted by Crippen LogP contribution is -2.27. The zero-order chi connectivity index (χ0) is 19.7. The van der Waals surface area contributed by atoms with Gasteiger partial charge in [0.1, 0.15) is 0 Å². The van der Waals surface area contributed by atoms with Gasteiger partial charge in [0.25, 0.3) is 11.8 Å². The summed E-state index contributed by atoms with van der Waals surface area (Å²) in [5.74, 6) is 0.907. The van der Waals surface area contributed by atoms with Gasteiger partial charge in [0.15, 0.2) is 17.2 Å². The van der Waals surface area contributed by atoms with E-state index in [-0.39, 0.29) is 24.2 Å². The molecule has 1 aliphatic rings. The SMILES string of the molecule is CC(C)CNC(=O)c1nc(C(=O)Nc2ccc3c(c2)OCO3)n2ccccc12. The number of hydrogen-bond donors (Lipinski definition) is 2. The van der Waals surface area contributed by atoms with Gasteiger partial charge in [0.05, 0.1) is 5.52 Å². The van der Waals surface area contributed by atoms with Gasteiger partial charge in [-0.3, -0.25) is 14.0 Å². The van der Waals surface area contributed by atoms with E-state index in [1.165, 1.54) is 0 Å². The van der Waals surface area contributed by atoms with Crippen molar-refractivity contribution in [3.8, 4) is 11.5 Å². The molecule has 1 aliphatic heterocycles. The van der Waals surface area contributed by atoms with Crippen molar-refractivity contribution in [2.45, 2.75) is 13.8 Å². The van der Waals surface area contributed by atoms with Crippen molar-refractivity contribution in [2.75, 3.05) is 18.7 Å². The molecule has 1 aromatic carbocycles. The highest BCUT2D eigenvalue weighted by atomic mass is 16.7. The van der Waals surface area contributed by atoms with E-state index in [4.69, 9.17) is 9.47 Å². The van der Waals surface area contributed by atoms with Crippen LogP contribution in [0.2, 0.25) is 0 Å². The number of imidazole rings is 1. The molecular weight excluding hydrogens is 360 g/mol. The molecule has 2 N–H and O–H groups in total. The Morgan fingerprint density at radius 2 is 1.96 bits per heavy atom. The first-order valence-electron chi connectivity index (χ1n) is 8.99. The molecule has 3 aromatic rings. The lowest BCUT2D eigenvalue weighted by atomic mass is 10.2. The van der Waals surface area contributed by atoms with Crippen molar-refractivity contribution in [2.24, 2.45) is 5.92 Å². The molecule has 0 saturated carbocycles. The number of aromatic nitrogens is 2. The topological polar surface area (TPSA) is 94.0 Å². The summed E-state index contributed by atoms with van der Waals surface area (Å²) in [6, 6.07) is 10.5. The molecule has 0 fully saturated rings. The summed E-state index contributed by atoms with van der Waals surface area (Å²) in [6.07, 6.45) is 1.70. The van der Waals surface area contributed by atoms with Crippen LogP contribution in [0.3, 0.4) is 0 Å². The number of rotatable bonds is 5. The Labute approximate surface area is 161 Å². The summed E-state index contributed by atoms with van der Waals surface area (Å²) in [5, 5.41) is 5.64. The molecule has 4 rings (SSSR count). The van der Waals surface area contributed by atoms with E-state index in [1.807, 2.05) is 13.8 Å². The first kappa shape index (κ1) is 17.8. The summed E-state index contributed by atoms with van der Waals surface area (Å²) >= 11 is 0. The minimum Gasteiger partial charge on any atom is -0.454 e. The highest BCUT2D eigenvalue weighted by Crippen LogP contribution is 2.34. The maximum atomic E-state index is 12.8. The maximum absolute atomic E-state index is 12.8. The number of ether oxygens (including phenoxy) is 2. The van der Waals surface area contributed by atoms with Gasteiger partial charge in [-0.1, -0.05) is 19.9 Å². The molecule has 28 heavy (non-hydrogen) atoms. The smallest absolute Gasteiger partial charge is 0.292 e. The first-order valence-corrected chi connectivity index (χ1v) is 8.99. The fourth-order valence-corrected chi connectivity index (χ4v) is 2.91. The second-order valence-electron chi connectivity index (χ2n) is 6.87. The van der Waals surface area contributed by atoms with Crippen LogP contribution in [-0.4, -0.2) is 34.5 Å². The fraction of sp³-hybridized carbons (Fsp3) is 0.250. The quantitative estimate of drug-likeness (QED) is 0.710. The Morgan fingerprint density at radius 3 is 2.79 bits per heavy atom. The second-order valence-corrected chi connectivity index (χ2v) is 6.87. The highest BCUT2D eigenvalue weighted by molar-refractivity contribution is 6.06. The van der Waals surface area contributed by atoms with Crippen molar-refractivity contribution in [3.63, 3.8) is 0 Å². The van der Waals surface area contributed by atoms with Crippen LogP contribution in [0.1, 0.15) is 35.0 Å². The minimum atomic E-state index is -0.428. The van der Waals surface area contributed by atoms with Gasteiger partial charge in [-0.2, -0.15) is 0 Å². The zero-order valence-electron chi connectivity index (χ0n) is 15.6. The largest absolute Gasteiger partial charge is 0.454 e. The summed E-state index contributed by atoms with van der Waals surface area (Å²) < 4.78 is 12.2. The Kier molecular flexibility index (Phi) is 4.60. The Morgan fingerprint density at radius 1 is 1.14 bits per heavy atom. The third kappa shape index (κ3) is 3.36. The van der Waals surface area contributed by atoms with Crippen LogP contribution in [0, 0.1) is 5.92 Å². The van der Waals surface area contributed by atoms with Crippen LogP contribution in [0.4, 0.5) is 5.69 Å². The summed E-state index contributed by atoms with van der Waals surface area (Å²) in [7, 11) is 0. The Balaban J connectivity index is 1.63. The number of benzene rings is 1. The number of pyridine rings is 1. The van der Waals surface area contributed by atoms with E-state index >= 15 is 0 Å². The summed E-state index contributed by atoms with van der Waals surface area (Å²) in [5.41, 5.74) is 1.34. The van der Waals surface area contributed by atoms with Gasteiger partial charge in [-0.05, 0) is 30.2 Å². The third-order valence-corrected chi connectivity index (χ3v) is 4.27. The molecule has 144 valence electrons. The molecule has 0 unspecified atom stereocenters. The molecule has 0 saturated heterocycles. The lowest BCUT2D eigenvalue weighted by molar-refractivity contribution is 0.0946. The van der Waals surface area contributed by atoms with E-state index in [0.717, 1.165) is 0 Å². The number of nitrogens with zero attached hydrogens (tertiary/aromatic N) is 2. The van der Waals surface area contributed by atoms with Crippen LogP contribution in [0.5, 0.6) is 11.5 Å². The maximum Gasteiger partial charge on any atom is 0.292 e. The number of nitrogens with one attached hydrogen (secondary N) is 2. The van der Waals surface area contributed by atoms with Gasteiger partial charge in [0, 0.05) is 24.5 Å². The van der Waals surface area contributed by atoms with Crippen molar-refractivity contribution in [3.05, 3.63) is 54.1 Å². The van der Waals surface area contributed by atoms with Crippen LogP contribution in [0.15, 0.2) is 42.6 Å². The number of fused-ring (bicyclic) bond motifs is 2. The average molecular weight is 380 g/mol. The van der Waals surface area contributed by atoms with E-state index < -0.39 is 5.91 Å². The molecule has 0 bridgehead atoms. The van der Waals surface area contributed by atoms with E-state index in [1.54, 1.807) is 47.0 Å². The molecular formula is C20H20N4O4. The molecule has 2 aromatic heterocycles. The monoisotopic (exact) mass is 380 g/mol. The predicted octanol–water partition coefficient (Wildman–Crippen LogP) is 2.70. The Hall–Kier alpha value is -3.55. The molecule has 0 spiro atoms. The molecule has 0 radical (unpaired) electrons. The molecule has 0 atom stereocenters. The fourth-order valence-electron chi connectivity index (χ4n) is 2.91. The summed E-state index contributed by atoms with van der Waals surface area (Å²) in [6.45, 7) is 4.71. The number of anilines is 1. The van der Waals surface area contributed by atoms with Crippen LogP contribution < -0.4 is 20.1 Å². The predicted molar refractivity (Wildman–Crippen MR) is 103 cm³/mol. The van der Waals surface area contributed by atoms with Crippen LogP contribution >= 0.6 is 0 Å². The van der Waals surface area contributed by atoms with Gasteiger partial charge in [0.2, 0.25) is 12.6 Å². The summed E-state index contributed by atoms with van der Waals surface area (Å²) in [4.78, 5) is 29.7. The molecule has 3 heterocycles. The first-order chi connectivity index (χ1) is 13.5. The highest BCUT2D eigenvalue weighted by Gasteiger charge is 2.22. The van der Waals surface area contributed by atoms with Gasteiger partial charge >= 0.3 is 0 Å². The van der Waals surface area contributed by atoms with Crippen molar-refractivity contribution in [1.29, 1.82) is 0 Å². The Bertz CT molecular complexity index is 1060. The second kappa shape index (κ2) is 7.22. The standard InChI is InChI=1S/C20H20N4O4/c1-12(2)10-21-19(25)17-14-5-3-4-8-24(14)18(23-17)20(26)22-13-6-7-15-16(9-13)28-11-27-15/h3-9,12H,10-11H2,1-2H3,(H,21,25)(H,22,26). The number of carbonyl (C=O) groups excluding carboxylic acids is 2. The van der Waals surface area contributed by atoms with Crippen LogP contribution in [0.25, 0.3) is 5.52 Å². The molecule has 2 amide bonds. The number of amides is 2. The van der Waals surface area contributed by atoms with E-state index in [9.17, 15) is 9.59 Å².